The number of nitrogens with one attached hydrogen (secondary N) is 1. The van der Waals surface area contributed by atoms with Crippen molar-refractivity contribution in [2.45, 2.75) is 19.4 Å². The number of ether oxygens (including phenoxy) is 2. The molecular formula is C24H23NO4. The summed E-state index contributed by atoms with van der Waals surface area (Å²) in [4.78, 5) is 25.7. The molecule has 3 aromatic rings. The van der Waals surface area contributed by atoms with E-state index in [-0.39, 0.29) is 11.7 Å². The zero-order chi connectivity index (χ0) is 20.6. The van der Waals surface area contributed by atoms with E-state index in [9.17, 15) is 9.59 Å². The van der Waals surface area contributed by atoms with Gasteiger partial charge in [-0.05, 0) is 42.8 Å². The molecule has 3 rings (SSSR count). The van der Waals surface area contributed by atoms with Gasteiger partial charge in [-0.1, -0.05) is 49.4 Å². The normalized spacial score (nSPS) is 11.4. The first-order chi connectivity index (χ1) is 14.1. The Morgan fingerprint density at radius 3 is 2.14 bits per heavy atom. The minimum atomic E-state index is -0.691. The number of hydrogen-bond donors (Lipinski definition) is 1. The summed E-state index contributed by atoms with van der Waals surface area (Å²) in [7, 11) is 1.59. The second-order valence-electron chi connectivity index (χ2n) is 6.42. The fourth-order valence-corrected chi connectivity index (χ4v) is 2.89. The molecule has 5 heteroatoms. The highest BCUT2D eigenvalue weighted by molar-refractivity contribution is 6.14. The second-order valence-corrected chi connectivity index (χ2v) is 6.42. The van der Waals surface area contributed by atoms with Crippen molar-refractivity contribution in [2.75, 3.05) is 12.4 Å². The Morgan fingerprint density at radius 2 is 1.48 bits per heavy atom. The predicted octanol–water partition coefficient (Wildman–Crippen LogP) is 4.72. The Labute approximate surface area is 170 Å². The molecule has 1 N–H and O–H groups in total. The van der Waals surface area contributed by atoms with E-state index in [2.05, 4.69) is 5.32 Å². The number of para-hydroxylation sites is 1. The quantitative estimate of drug-likeness (QED) is 0.566. The molecule has 0 heterocycles. The minimum absolute atomic E-state index is 0.148. The van der Waals surface area contributed by atoms with Crippen LogP contribution in [0.4, 0.5) is 5.69 Å². The molecule has 0 fully saturated rings. The highest BCUT2D eigenvalue weighted by Gasteiger charge is 2.21. The summed E-state index contributed by atoms with van der Waals surface area (Å²) in [6, 6.07) is 23.0. The summed E-state index contributed by atoms with van der Waals surface area (Å²) in [6.07, 6.45) is -0.213. The molecule has 0 aromatic heterocycles. The number of hydrogen-bond acceptors (Lipinski definition) is 4. The maximum atomic E-state index is 12.8. The van der Waals surface area contributed by atoms with Crippen molar-refractivity contribution in [1.82, 2.24) is 0 Å². The van der Waals surface area contributed by atoms with Crippen molar-refractivity contribution >= 4 is 17.4 Å². The molecule has 0 saturated carbocycles. The molecule has 0 aliphatic carbocycles. The summed E-state index contributed by atoms with van der Waals surface area (Å²) in [5, 5.41) is 2.85. The van der Waals surface area contributed by atoms with Crippen molar-refractivity contribution in [3.8, 4) is 11.5 Å². The van der Waals surface area contributed by atoms with Crippen LogP contribution in [-0.2, 0) is 4.79 Å². The molecule has 0 aliphatic rings. The van der Waals surface area contributed by atoms with Crippen LogP contribution in [-0.4, -0.2) is 24.9 Å². The van der Waals surface area contributed by atoms with Crippen LogP contribution in [0.5, 0.6) is 11.5 Å². The molecule has 0 saturated heterocycles. The third-order valence-corrected chi connectivity index (χ3v) is 4.47. The maximum absolute atomic E-state index is 12.8. The molecule has 29 heavy (non-hydrogen) atoms. The number of rotatable bonds is 8. The van der Waals surface area contributed by atoms with Crippen LogP contribution < -0.4 is 14.8 Å². The van der Waals surface area contributed by atoms with Crippen LogP contribution in [0, 0.1) is 0 Å². The first-order valence-electron chi connectivity index (χ1n) is 9.42. The zero-order valence-electron chi connectivity index (χ0n) is 16.4. The Morgan fingerprint density at radius 1 is 0.862 bits per heavy atom. The van der Waals surface area contributed by atoms with E-state index in [0.29, 0.717) is 34.7 Å². The van der Waals surface area contributed by atoms with E-state index < -0.39 is 6.10 Å². The van der Waals surface area contributed by atoms with Gasteiger partial charge in [0.25, 0.3) is 5.91 Å². The van der Waals surface area contributed by atoms with Crippen molar-refractivity contribution in [1.29, 1.82) is 0 Å². The Bertz CT molecular complexity index is 968. The lowest BCUT2D eigenvalue weighted by molar-refractivity contribution is -0.122. The van der Waals surface area contributed by atoms with Gasteiger partial charge < -0.3 is 14.8 Å². The van der Waals surface area contributed by atoms with Crippen LogP contribution in [0.25, 0.3) is 0 Å². The standard InChI is InChI=1S/C24H23NO4/c1-3-22(29-19-15-13-18(28-2)14-16-19)24(27)25-21-12-8-7-11-20(21)23(26)17-9-5-4-6-10-17/h4-16,22H,3H2,1-2H3,(H,25,27)/t22-/m0/s1. The molecule has 0 spiro atoms. The van der Waals surface area contributed by atoms with E-state index in [1.54, 1.807) is 67.8 Å². The van der Waals surface area contributed by atoms with Gasteiger partial charge in [0.05, 0.1) is 12.8 Å². The summed E-state index contributed by atoms with van der Waals surface area (Å²) in [5.41, 5.74) is 1.46. The molecule has 0 radical (unpaired) electrons. The number of carbonyl (C=O) groups is 2. The van der Waals surface area contributed by atoms with Crippen LogP contribution in [0.1, 0.15) is 29.3 Å². The van der Waals surface area contributed by atoms with Gasteiger partial charge in [-0.2, -0.15) is 0 Å². The maximum Gasteiger partial charge on any atom is 0.265 e. The third-order valence-electron chi connectivity index (χ3n) is 4.47. The average Bonchev–Trinajstić information content (AvgIpc) is 2.78. The van der Waals surface area contributed by atoms with E-state index in [0.717, 1.165) is 0 Å². The van der Waals surface area contributed by atoms with E-state index in [1.807, 2.05) is 25.1 Å². The Balaban J connectivity index is 1.76. The van der Waals surface area contributed by atoms with E-state index in [1.165, 1.54) is 0 Å². The summed E-state index contributed by atoms with van der Waals surface area (Å²) in [6.45, 7) is 1.87. The van der Waals surface area contributed by atoms with Crippen molar-refractivity contribution in [2.24, 2.45) is 0 Å². The lowest BCUT2D eigenvalue weighted by Gasteiger charge is -2.18. The number of carbonyl (C=O) groups excluding carboxylic acids is 2. The summed E-state index contributed by atoms with van der Waals surface area (Å²) >= 11 is 0. The van der Waals surface area contributed by atoms with Crippen molar-refractivity contribution in [3.05, 3.63) is 90.0 Å². The van der Waals surface area contributed by atoms with Gasteiger partial charge in [-0.25, -0.2) is 0 Å². The average molecular weight is 389 g/mol. The monoisotopic (exact) mass is 389 g/mol. The van der Waals surface area contributed by atoms with Crippen molar-refractivity contribution in [3.63, 3.8) is 0 Å². The van der Waals surface area contributed by atoms with Crippen LogP contribution in [0.3, 0.4) is 0 Å². The van der Waals surface area contributed by atoms with Gasteiger partial charge in [0, 0.05) is 11.1 Å². The topological polar surface area (TPSA) is 64.6 Å². The molecule has 5 nitrogen and oxygen atoms in total. The van der Waals surface area contributed by atoms with Crippen molar-refractivity contribution < 1.29 is 19.1 Å². The van der Waals surface area contributed by atoms with Gasteiger partial charge in [-0.3, -0.25) is 9.59 Å². The highest BCUT2D eigenvalue weighted by atomic mass is 16.5. The molecule has 1 amide bonds. The SMILES string of the molecule is CC[C@H](Oc1ccc(OC)cc1)C(=O)Nc1ccccc1C(=O)c1ccccc1. The minimum Gasteiger partial charge on any atom is -0.497 e. The third kappa shape index (κ3) is 5.02. The molecule has 1 atom stereocenters. The molecule has 0 bridgehead atoms. The Kier molecular flexibility index (Phi) is 6.63. The molecule has 0 aliphatic heterocycles. The van der Waals surface area contributed by atoms with Gasteiger partial charge >= 0.3 is 0 Å². The summed E-state index contributed by atoms with van der Waals surface area (Å²) in [5.74, 6) is 0.826. The molecule has 0 unspecified atom stereocenters. The largest absolute Gasteiger partial charge is 0.497 e. The molecular weight excluding hydrogens is 366 g/mol. The van der Waals surface area contributed by atoms with Crippen LogP contribution in [0.2, 0.25) is 0 Å². The summed E-state index contributed by atoms with van der Waals surface area (Å²) < 4.78 is 11.0. The number of amides is 1. The second kappa shape index (κ2) is 9.55. The Hall–Kier alpha value is -3.60. The lowest BCUT2D eigenvalue weighted by atomic mass is 10.0. The van der Waals surface area contributed by atoms with Gasteiger partial charge in [-0.15, -0.1) is 0 Å². The number of anilines is 1. The smallest absolute Gasteiger partial charge is 0.265 e. The first-order valence-corrected chi connectivity index (χ1v) is 9.42. The predicted molar refractivity (Wildman–Crippen MR) is 113 cm³/mol. The van der Waals surface area contributed by atoms with Crippen LogP contribution in [0.15, 0.2) is 78.9 Å². The molecule has 3 aromatic carbocycles. The first kappa shape index (κ1) is 20.1. The fraction of sp³-hybridized carbons (Fsp3) is 0.167. The number of methoxy groups -OCH3 is 1. The van der Waals surface area contributed by atoms with E-state index in [4.69, 9.17) is 9.47 Å². The molecule has 148 valence electrons. The highest BCUT2D eigenvalue weighted by Crippen LogP contribution is 2.22. The number of ketones is 1. The van der Waals surface area contributed by atoms with Gasteiger partial charge in [0.1, 0.15) is 11.5 Å². The fourth-order valence-electron chi connectivity index (χ4n) is 2.89. The van der Waals surface area contributed by atoms with Crippen LogP contribution >= 0.6 is 0 Å². The van der Waals surface area contributed by atoms with Gasteiger partial charge in [0.15, 0.2) is 11.9 Å². The lowest BCUT2D eigenvalue weighted by Crippen LogP contribution is -2.32. The zero-order valence-corrected chi connectivity index (χ0v) is 16.4. The van der Waals surface area contributed by atoms with E-state index >= 15 is 0 Å². The number of benzene rings is 3. The van der Waals surface area contributed by atoms with Gasteiger partial charge in [0.2, 0.25) is 0 Å².